The number of halogens is 1. The first kappa shape index (κ1) is 13.5. The van der Waals surface area contributed by atoms with Gasteiger partial charge in [0.1, 0.15) is 6.04 Å². The van der Waals surface area contributed by atoms with Crippen molar-refractivity contribution in [2.75, 3.05) is 0 Å². The largest absolute Gasteiger partial charge is 0.480 e. The van der Waals surface area contributed by atoms with E-state index in [4.69, 9.17) is 5.11 Å². The smallest absolute Gasteiger partial charge is 0.325 e. The first-order valence-electron chi connectivity index (χ1n) is 5.00. The molecule has 92 valence electrons. The average Bonchev–Trinajstić information content (AvgIpc) is 2.28. The van der Waals surface area contributed by atoms with E-state index >= 15 is 0 Å². The van der Waals surface area contributed by atoms with Gasteiger partial charge in [0, 0.05) is 11.0 Å². The normalized spacial score (nSPS) is 11.6. The molecule has 5 nitrogen and oxygen atoms in total. The van der Waals surface area contributed by atoms with Gasteiger partial charge in [0.15, 0.2) is 0 Å². The van der Waals surface area contributed by atoms with Crippen LogP contribution in [-0.4, -0.2) is 23.1 Å². The third kappa shape index (κ3) is 4.86. The first-order chi connectivity index (χ1) is 7.99. The molecule has 0 saturated heterocycles. The van der Waals surface area contributed by atoms with E-state index in [9.17, 15) is 9.59 Å². The van der Waals surface area contributed by atoms with E-state index < -0.39 is 18.0 Å². The number of rotatable bonds is 4. The minimum atomic E-state index is -1.07. The second-order valence-corrected chi connectivity index (χ2v) is 4.43. The second-order valence-electron chi connectivity index (χ2n) is 3.51. The van der Waals surface area contributed by atoms with Gasteiger partial charge >= 0.3 is 12.0 Å². The maximum Gasteiger partial charge on any atom is 0.325 e. The van der Waals surface area contributed by atoms with E-state index in [2.05, 4.69) is 26.6 Å². The lowest BCUT2D eigenvalue weighted by molar-refractivity contribution is -0.138. The second kappa shape index (κ2) is 6.24. The molecule has 0 bridgehead atoms. The molecule has 6 heteroatoms. The van der Waals surface area contributed by atoms with E-state index in [0.29, 0.717) is 6.54 Å². The summed E-state index contributed by atoms with van der Waals surface area (Å²) in [5.41, 5.74) is 0.936. The molecule has 1 aromatic carbocycles. The van der Waals surface area contributed by atoms with Crippen molar-refractivity contribution in [1.29, 1.82) is 0 Å². The molecule has 1 rings (SSSR count). The van der Waals surface area contributed by atoms with Crippen molar-refractivity contribution >= 4 is 27.9 Å². The van der Waals surface area contributed by atoms with E-state index in [1.807, 2.05) is 24.3 Å². The van der Waals surface area contributed by atoms with Gasteiger partial charge in [-0.25, -0.2) is 4.79 Å². The van der Waals surface area contributed by atoms with Crippen LogP contribution in [0, 0.1) is 0 Å². The number of carbonyl (C=O) groups excluding carboxylic acids is 1. The fourth-order valence-electron chi connectivity index (χ4n) is 1.09. The van der Waals surface area contributed by atoms with Gasteiger partial charge in [-0.2, -0.15) is 0 Å². The number of carboxylic acid groups (broad SMARTS) is 1. The molecule has 0 saturated carbocycles. The molecule has 0 fully saturated rings. The Morgan fingerprint density at radius 3 is 2.47 bits per heavy atom. The molecule has 0 aliphatic carbocycles. The summed E-state index contributed by atoms with van der Waals surface area (Å²) in [5.74, 6) is -1.07. The highest BCUT2D eigenvalue weighted by atomic mass is 79.9. The van der Waals surface area contributed by atoms with Crippen molar-refractivity contribution in [3.63, 3.8) is 0 Å². The van der Waals surface area contributed by atoms with Gasteiger partial charge in [0.05, 0.1) is 0 Å². The van der Waals surface area contributed by atoms with Crippen LogP contribution in [-0.2, 0) is 11.3 Å². The molecule has 0 spiro atoms. The fraction of sp³-hybridized carbons (Fsp3) is 0.273. The highest BCUT2D eigenvalue weighted by Gasteiger charge is 2.12. The van der Waals surface area contributed by atoms with Crippen LogP contribution in [0.25, 0.3) is 0 Å². The zero-order valence-corrected chi connectivity index (χ0v) is 10.8. The molecule has 1 atom stereocenters. The van der Waals surface area contributed by atoms with E-state index in [1.54, 1.807) is 0 Å². The maximum absolute atomic E-state index is 11.3. The van der Waals surface area contributed by atoms with Crippen molar-refractivity contribution < 1.29 is 14.7 Å². The molecule has 0 aliphatic heterocycles. The Morgan fingerprint density at radius 1 is 1.35 bits per heavy atom. The Labute approximate surface area is 107 Å². The molecule has 17 heavy (non-hydrogen) atoms. The molecule has 1 aromatic rings. The maximum atomic E-state index is 11.3. The van der Waals surface area contributed by atoms with Crippen LogP contribution in [0.2, 0.25) is 0 Å². The summed E-state index contributed by atoms with van der Waals surface area (Å²) in [6.45, 7) is 1.76. The molecule has 3 N–H and O–H groups in total. The lowest BCUT2D eigenvalue weighted by atomic mass is 10.2. The molecule has 0 aliphatic rings. The van der Waals surface area contributed by atoms with E-state index in [1.165, 1.54) is 6.92 Å². The van der Waals surface area contributed by atoms with Gasteiger partial charge in [-0.05, 0) is 24.6 Å². The first-order valence-corrected chi connectivity index (χ1v) is 5.80. The van der Waals surface area contributed by atoms with Gasteiger partial charge in [0.2, 0.25) is 0 Å². The Balaban J connectivity index is 2.38. The Bertz CT molecular complexity index is 406. The topological polar surface area (TPSA) is 78.4 Å². The number of aliphatic carboxylic acids is 1. The Hall–Kier alpha value is -1.56. The minimum absolute atomic E-state index is 0.353. The third-order valence-corrected chi connectivity index (χ3v) is 2.61. The Kier molecular flexibility index (Phi) is 4.96. The summed E-state index contributed by atoms with van der Waals surface area (Å²) in [6.07, 6.45) is 0. The molecule has 0 unspecified atom stereocenters. The lowest BCUT2D eigenvalue weighted by Crippen LogP contribution is -2.44. The van der Waals surface area contributed by atoms with Gasteiger partial charge in [-0.1, -0.05) is 28.1 Å². The van der Waals surface area contributed by atoms with Crippen LogP contribution in [0.1, 0.15) is 12.5 Å². The van der Waals surface area contributed by atoms with Crippen molar-refractivity contribution in [3.05, 3.63) is 34.3 Å². The molecular formula is C11H13BrN2O3. The summed E-state index contributed by atoms with van der Waals surface area (Å²) >= 11 is 3.31. The number of hydrogen-bond donors (Lipinski definition) is 3. The summed E-state index contributed by atoms with van der Waals surface area (Å²) in [4.78, 5) is 21.8. The number of carbonyl (C=O) groups is 2. The number of benzene rings is 1. The fourth-order valence-corrected chi connectivity index (χ4v) is 1.36. The van der Waals surface area contributed by atoms with Gasteiger partial charge < -0.3 is 15.7 Å². The molecule has 2 amide bonds. The van der Waals surface area contributed by atoms with Crippen molar-refractivity contribution in [2.45, 2.75) is 19.5 Å². The minimum Gasteiger partial charge on any atom is -0.480 e. The zero-order chi connectivity index (χ0) is 12.8. The predicted molar refractivity (Wildman–Crippen MR) is 66.6 cm³/mol. The van der Waals surface area contributed by atoms with Crippen LogP contribution < -0.4 is 10.6 Å². The number of hydrogen-bond acceptors (Lipinski definition) is 2. The van der Waals surface area contributed by atoms with Crippen LogP contribution in [0.5, 0.6) is 0 Å². The number of nitrogens with one attached hydrogen (secondary N) is 2. The SMILES string of the molecule is C[C@H](NC(=O)NCc1ccc(Br)cc1)C(=O)O. The quantitative estimate of drug-likeness (QED) is 0.792. The van der Waals surface area contributed by atoms with Crippen molar-refractivity contribution in [1.82, 2.24) is 10.6 Å². The summed E-state index contributed by atoms with van der Waals surface area (Å²) < 4.78 is 0.963. The van der Waals surface area contributed by atoms with Crippen LogP contribution in [0.15, 0.2) is 28.7 Å². The molecule has 0 heterocycles. The van der Waals surface area contributed by atoms with Crippen molar-refractivity contribution in [3.8, 4) is 0 Å². The molecule has 0 radical (unpaired) electrons. The zero-order valence-electron chi connectivity index (χ0n) is 9.24. The number of carboxylic acids is 1. The number of amides is 2. The molecular weight excluding hydrogens is 288 g/mol. The average molecular weight is 301 g/mol. The highest BCUT2D eigenvalue weighted by molar-refractivity contribution is 9.10. The van der Waals surface area contributed by atoms with Gasteiger partial charge in [-0.15, -0.1) is 0 Å². The highest BCUT2D eigenvalue weighted by Crippen LogP contribution is 2.10. The number of urea groups is 1. The summed E-state index contributed by atoms with van der Waals surface area (Å²) in [7, 11) is 0. The third-order valence-electron chi connectivity index (χ3n) is 2.08. The van der Waals surface area contributed by atoms with Gasteiger partial charge in [-0.3, -0.25) is 4.79 Å². The van der Waals surface area contributed by atoms with Crippen LogP contribution >= 0.6 is 15.9 Å². The summed E-state index contributed by atoms with van der Waals surface area (Å²) in [6, 6.07) is 6.07. The van der Waals surface area contributed by atoms with Crippen LogP contribution in [0.3, 0.4) is 0 Å². The van der Waals surface area contributed by atoms with Gasteiger partial charge in [0.25, 0.3) is 0 Å². The predicted octanol–water partition coefficient (Wildman–Crippen LogP) is 1.72. The lowest BCUT2D eigenvalue weighted by Gasteiger charge is -2.10. The monoisotopic (exact) mass is 300 g/mol. The van der Waals surface area contributed by atoms with Crippen molar-refractivity contribution in [2.24, 2.45) is 0 Å². The standard InChI is InChI=1S/C11H13BrN2O3/c1-7(10(15)16)14-11(17)13-6-8-2-4-9(12)5-3-8/h2-5,7H,6H2,1H3,(H,15,16)(H2,13,14,17)/t7-/m0/s1. The Morgan fingerprint density at radius 2 is 1.94 bits per heavy atom. The van der Waals surface area contributed by atoms with Crippen LogP contribution in [0.4, 0.5) is 4.79 Å². The summed E-state index contributed by atoms with van der Waals surface area (Å²) in [5, 5.41) is 13.5. The van der Waals surface area contributed by atoms with E-state index in [-0.39, 0.29) is 0 Å². The molecule has 0 aromatic heterocycles. The van der Waals surface area contributed by atoms with E-state index in [0.717, 1.165) is 10.0 Å².